The Morgan fingerprint density at radius 3 is 2.28 bits per heavy atom. The number of alkyl halides is 3. The molecule has 0 saturated heterocycles. The van der Waals surface area contributed by atoms with Crippen molar-refractivity contribution in [1.29, 1.82) is 15.8 Å². The fourth-order valence-corrected chi connectivity index (χ4v) is 4.25. The Hall–Kier alpha value is -3.28. The van der Waals surface area contributed by atoms with Crippen LogP contribution in [0.2, 0.25) is 0 Å². The van der Waals surface area contributed by atoms with E-state index in [-0.39, 0.29) is 11.3 Å². The monoisotopic (exact) mass is 397 g/mol. The number of hydrogen-bond donors (Lipinski definition) is 1. The molecule has 1 aromatic rings. The van der Waals surface area contributed by atoms with E-state index < -0.39 is 29.0 Å². The zero-order valence-corrected chi connectivity index (χ0v) is 15.7. The van der Waals surface area contributed by atoms with Crippen molar-refractivity contribution >= 4 is 0 Å². The highest BCUT2D eigenvalue weighted by atomic mass is 19.4. The van der Waals surface area contributed by atoms with E-state index in [0.29, 0.717) is 30.8 Å². The van der Waals surface area contributed by atoms with Crippen LogP contribution in [0.15, 0.2) is 47.2 Å². The van der Waals surface area contributed by atoms with Gasteiger partial charge in [-0.25, -0.2) is 0 Å². The topological polar surface area (TPSA) is 101 Å². The quantitative estimate of drug-likeness (QED) is 0.824. The minimum atomic E-state index is -4.49. The molecule has 0 amide bonds. The summed E-state index contributed by atoms with van der Waals surface area (Å²) in [5, 5.41) is 29.5. The zero-order chi connectivity index (χ0) is 21.4. The average molecular weight is 397 g/mol. The number of nitriles is 3. The number of allylic oxidation sites excluding steroid dienone is 2. The summed E-state index contributed by atoms with van der Waals surface area (Å²) in [7, 11) is 0. The molecule has 3 rings (SSSR count). The molecule has 1 heterocycles. The molecule has 2 atom stereocenters. The molecule has 2 aliphatic rings. The van der Waals surface area contributed by atoms with E-state index in [1.165, 1.54) is 12.1 Å². The molecule has 0 spiro atoms. The normalized spacial score (nSPS) is 24.0. The van der Waals surface area contributed by atoms with Gasteiger partial charge in [0, 0.05) is 24.9 Å². The van der Waals surface area contributed by atoms with Gasteiger partial charge >= 0.3 is 6.18 Å². The van der Waals surface area contributed by atoms with Crippen LogP contribution in [-0.4, -0.2) is 24.5 Å². The summed E-state index contributed by atoms with van der Waals surface area (Å²) in [4.78, 5) is 2.08. The molecular formula is C21H18F3N5. The summed E-state index contributed by atoms with van der Waals surface area (Å²) < 4.78 is 39.0. The standard InChI is InChI=1S/C21H18F3N5/c1-2-29-8-7-15-16(9-25)19(28)20(11-26,12-27)18(17(15)10-29)13-3-5-14(6-4-13)21(22,23)24/h3-7,17-18H,2,8,10,28H2,1H3/t17-,18+/m0/s1. The maximum absolute atomic E-state index is 13.0. The second-order valence-corrected chi connectivity index (χ2v) is 7.15. The van der Waals surface area contributed by atoms with Crippen LogP contribution in [-0.2, 0) is 6.18 Å². The van der Waals surface area contributed by atoms with Crippen molar-refractivity contribution in [3.63, 3.8) is 0 Å². The van der Waals surface area contributed by atoms with Gasteiger partial charge in [0.15, 0.2) is 5.41 Å². The van der Waals surface area contributed by atoms with Crippen molar-refractivity contribution in [2.24, 2.45) is 17.1 Å². The predicted octanol–water partition coefficient (Wildman–Crippen LogP) is 3.45. The minimum Gasteiger partial charge on any atom is -0.399 e. The average Bonchev–Trinajstić information content (AvgIpc) is 2.72. The van der Waals surface area contributed by atoms with Crippen molar-refractivity contribution in [2.45, 2.75) is 19.0 Å². The van der Waals surface area contributed by atoms with E-state index >= 15 is 0 Å². The summed E-state index contributed by atoms with van der Waals surface area (Å²) in [6.45, 7) is 3.74. The van der Waals surface area contributed by atoms with Gasteiger partial charge < -0.3 is 5.73 Å². The molecule has 1 aromatic carbocycles. The fourth-order valence-electron chi connectivity index (χ4n) is 4.25. The molecule has 1 aliphatic carbocycles. The lowest BCUT2D eigenvalue weighted by atomic mass is 9.58. The van der Waals surface area contributed by atoms with E-state index in [1.54, 1.807) is 0 Å². The van der Waals surface area contributed by atoms with Gasteiger partial charge in [-0.05, 0) is 29.8 Å². The van der Waals surface area contributed by atoms with Gasteiger partial charge in [-0.2, -0.15) is 29.0 Å². The van der Waals surface area contributed by atoms with E-state index in [0.717, 1.165) is 12.1 Å². The van der Waals surface area contributed by atoms with E-state index in [4.69, 9.17) is 5.73 Å². The molecule has 1 aliphatic heterocycles. The summed E-state index contributed by atoms with van der Waals surface area (Å²) in [5.74, 6) is -1.21. The van der Waals surface area contributed by atoms with Gasteiger partial charge in [0.2, 0.25) is 0 Å². The molecule has 148 valence electrons. The number of rotatable bonds is 2. The SMILES string of the molecule is CCN1CC=C2C(C#N)=C(N)C(C#N)(C#N)[C@H](c3ccc(C(F)(F)F)cc3)[C@H]2C1. The Morgan fingerprint density at radius 2 is 1.79 bits per heavy atom. The third-order valence-corrected chi connectivity index (χ3v) is 5.78. The van der Waals surface area contributed by atoms with Gasteiger partial charge in [-0.15, -0.1) is 0 Å². The van der Waals surface area contributed by atoms with Gasteiger partial charge in [0.05, 0.1) is 29.0 Å². The fraction of sp³-hybridized carbons (Fsp3) is 0.381. The zero-order valence-electron chi connectivity index (χ0n) is 15.7. The number of likely N-dealkylation sites (N-methyl/N-ethyl adjacent to an activating group) is 1. The lowest BCUT2D eigenvalue weighted by molar-refractivity contribution is -0.137. The van der Waals surface area contributed by atoms with Gasteiger partial charge in [0.1, 0.15) is 6.07 Å². The van der Waals surface area contributed by atoms with Crippen molar-refractivity contribution < 1.29 is 13.2 Å². The van der Waals surface area contributed by atoms with Crippen LogP contribution in [0.5, 0.6) is 0 Å². The predicted molar refractivity (Wildman–Crippen MR) is 98.4 cm³/mol. The molecular weight excluding hydrogens is 379 g/mol. The lowest BCUT2D eigenvalue weighted by Gasteiger charge is -2.45. The van der Waals surface area contributed by atoms with E-state index in [9.17, 15) is 29.0 Å². The molecule has 5 nitrogen and oxygen atoms in total. The minimum absolute atomic E-state index is 0.122. The molecule has 8 heteroatoms. The van der Waals surface area contributed by atoms with Gasteiger partial charge in [-0.3, -0.25) is 4.90 Å². The number of fused-ring (bicyclic) bond motifs is 1. The number of hydrogen-bond acceptors (Lipinski definition) is 5. The summed E-state index contributed by atoms with van der Waals surface area (Å²) in [6.07, 6.45) is -2.63. The summed E-state index contributed by atoms with van der Waals surface area (Å²) in [6, 6.07) is 10.5. The van der Waals surface area contributed by atoms with Crippen LogP contribution in [0.3, 0.4) is 0 Å². The molecule has 0 fully saturated rings. The molecule has 0 bridgehead atoms. The smallest absolute Gasteiger partial charge is 0.399 e. The number of benzene rings is 1. The Balaban J connectivity index is 2.25. The van der Waals surface area contributed by atoms with Crippen LogP contribution in [0.1, 0.15) is 24.0 Å². The third-order valence-electron chi connectivity index (χ3n) is 5.78. The Labute approximate surface area is 166 Å². The number of halogens is 3. The highest BCUT2D eigenvalue weighted by Crippen LogP contribution is 2.54. The first-order valence-corrected chi connectivity index (χ1v) is 9.06. The van der Waals surface area contributed by atoms with Crippen LogP contribution in [0.4, 0.5) is 13.2 Å². The number of nitrogens with two attached hydrogens (primary N) is 1. The Bertz CT molecular complexity index is 985. The first kappa shape index (κ1) is 20.5. The largest absolute Gasteiger partial charge is 0.416 e. The van der Waals surface area contributed by atoms with Crippen molar-refractivity contribution in [2.75, 3.05) is 19.6 Å². The van der Waals surface area contributed by atoms with Crippen LogP contribution in [0, 0.1) is 45.3 Å². The van der Waals surface area contributed by atoms with E-state index in [1.807, 2.05) is 31.2 Å². The molecule has 29 heavy (non-hydrogen) atoms. The molecule has 0 radical (unpaired) electrons. The van der Waals surface area contributed by atoms with Crippen LogP contribution < -0.4 is 5.73 Å². The highest BCUT2D eigenvalue weighted by molar-refractivity contribution is 5.59. The van der Waals surface area contributed by atoms with E-state index in [2.05, 4.69) is 4.90 Å². The van der Waals surface area contributed by atoms with Crippen molar-refractivity contribution in [1.82, 2.24) is 4.90 Å². The molecule has 0 saturated carbocycles. The second-order valence-electron chi connectivity index (χ2n) is 7.15. The van der Waals surface area contributed by atoms with Gasteiger partial charge in [-0.1, -0.05) is 25.1 Å². The first-order chi connectivity index (χ1) is 13.7. The van der Waals surface area contributed by atoms with Crippen LogP contribution in [0.25, 0.3) is 0 Å². The third kappa shape index (κ3) is 3.14. The summed E-state index contributed by atoms with van der Waals surface area (Å²) in [5.41, 5.74) is 4.56. The number of nitrogens with zero attached hydrogens (tertiary/aromatic N) is 4. The van der Waals surface area contributed by atoms with Gasteiger partial charge in [0.25, 0.3) is 0 Å². The maximum Gasteiger partial charge on any atom is 0.416 e. The summed E-state index contributed by atoms with van der Waals surface area (Å²) >= 11 is 0. The first-order valence-electron chi connectivity index (χ1n) is 9.06. The second kappa shape index (κ2) is 7.28. The highest BCUT2D eigenvalue weighted by Gasteiger charge is 2.54. The van der Waals surface area contributed by atoms with Crippen molar-refractivity contribution in [3.05, 3.63) is 58.3 Å². The van der Waals surface area contributed by atoms with Crippen molar-refractivity contribution in [3.8, 4) is 18.2 Å². The molecule has 2 N–H and O–H groups in total. The molecule has 0 aromatic heterocycles. The van der Waals surface area contributed by atoms with Crippen LogP contribution >= 0.6 is 0 Å². The molecule has 0 unspecified atom stereocenters. The maximum atomic E-state index is 13.0. The lowest BCUT2D eigenvalue weighted by Crippen LogP contribution is -2.48. The Morgan fingerprint density at radius 1 is 1.17 bits per heavy atom. The Kier molecular flexibility index (Phi) is 5.13.